The summed E-state index contributed by atoms with van der Waals surface area (Å²) in [4.78, 5) is 22.4. The van der Waals surface area contributed by atoms with Crippen molar-refractivity contribution in [3.05, 3.63) is 48.0 Å². The highest BCUT2D eigenvalue weighted by Gasteiger charge is 2.45. The van der Waals surface area contributed by atoms with Gasteiger partial charge in [-0.1, -0.05) is 5.21 Å². The summed E-state index contributed by atoms with van der Waals surface area (Å²) < 4.78 is 13.4. The van der Waals surface area contributed by atoms with Crippen LogP contribution in [0.5, 0.6) is 0 Å². The number of hydrogen-bond donors (Lipinski definition) is 0. The highest BCUT2D eigenvalue weighted by atomic mass is 16.6. The van der Waals surface area contributed by atoms with Crippen molar-refractivity contribution in [2.45, 2.75) is 82.4 Å². The highest BCUT2D eigenvalue weighted by Crippen LogP contribution is 2.40. The Morgan fingerprint density at radius 2 is 1.93 bits per heavy atom. The Morgan fingerprint density at radius 1 is 1.10 bits per heavy atom. The molecule has 222 valence electrons. The molecule has 2 aliphatic carbocycles. The molecule has 2 aliphatic heterocycles. The van der Waals surface area contributed by atoms with Crippen LogP contribution in [0.2, 0.25) is 0 Å². The van der Waals surface area contributed by atoms with Gasteiger partial charge in [-0.05, 0) is 94.9 Å². The van der Waals surface area contributed by atoms with Crippen molar-refractivity contribution in [2.75, 3.05) is 37.7 Å². The highest BCUT2D eigenvalue weighted by molar-refractivity contribution is 5.69. The van der Waals surface area contributed by atoms with Gasteiger partial charge in [0.1, 0.15) is 17.0 Å². The summed E-state index contributed by atoms with van der Waals surface area (Å²) in [5.74, 6) is 1.19. The smallest absolute Gasteiger partial charge is 0.410 e. The number of hydrogen-bond acceptors (Lipinski definition) is 9. The molecule has 11 heteroatoms. The molecule has 4 aliphatic rings. The van der Waals surface area contributed by atoms with E-state index in [1.807, 2.05) is 48.9 Å². The summed E-state index contributed by atoms with van der Waals surface area (Å²) in [6.45, 7) is 9.24. The molecule has 2 saturated heterocycles. The second-order valence-electron chi connectivity index (χ2n) is 13.4. The van der Waals surface area contributed by atoms with Crippen molar-refractivity contribution >= 4 is 11.8 Å². The molecule has 1 amide bonds. The number of aromatic nitrogens is 6. The molecule has 3 aromatic heterocycles. The minimum absolute atomic E-state index is 0.121. The van der Waals surface area contributed by atoms with Gasteiger partial charge in [0.25, 0.3) is 0 Å². The molecule has 42 heavy (non-hydrogen) atoms. The van der Waals surface area contributed by atoms with Gasteiger partial charge in [-0.2, -0.15) is 5.10 Å². The average Bonchev–Trinajstić information content (AvgIpc) is 3.89. The summed E-state index contributed by atoms with van der Waals surface area (Å²) in [5.41, 5.74) is 3.60. The first-order valence-electron chi connectivity index (χ1n) is 15.3. The second kappa shape index (κ2) is 10.6. The third-order valence-corrected chi connectivity index (χ3v) is 8.81. The van der Waals surface area contributed by atoms with Gasteiger partial charge in [0, 0.05) is 19.6 Å². The van der Waals surface area contributed by atoms with Gasteiger partial charge in [-0.25, -0.2) is 9.48 Å². The number of amides is 1. The fraction of sp³-hybridized carbons (Fsp3) is 0.613. The lowest BCUT2D eigenvalue weighted by Gasteiger charge is -2.42. The van der Waals surface area contributed by atoms with Gasteiger partial charge in [0.05, 0.1) is 49.2 Å². The molecule has 0 bridgehead atoms. The van der Waals surface area contributed by atoms with Gasteiger partial charge in [0.2, 0.25) is 0 Å². The SMILES string of the molecule is CC(C)(C)OC(=O)N(CC1CC1)[C@@H]1CCCN(c2ccc(C3(n4cc(-c5cc(C6CC6)cnn5)nn4)COC3)nc2)C1. The predicted octanol–water partition coefficient (Wildman–Crippen LogP) is 4.40. The van der Waals surface area contributed by atoms with Gasteiger partial charge in [0.15, 0.2) is 5.54 Å². The normalized spacial score (nSPS) is 22.0. The Kier molecular flexibility index (Phi) is 6.87. The standard InChI is InChI=1S/C31H40N8O3/c1-30(2,3)42-29(40)38(16-21-6-7-21)25-5-4-12-37(17-25)24-10-11-28(32-15-24)31(19-41-20-31)39-18-27(35-36-39)26-13-23(14-33-34-26)22-8-9-22/h10-11,13-15,18,21-22,25H,4-9,12,16-17,19-20H2,1-3H3/t25-/m1/s1. The molecule has 11 nitrogen and oxygen atoms in total. The average molecular weight is 573 g/mol. The number of nitrogens with zero attached hydrogens (tertiary/aromatic N) is 8. The summed E-state index contributed by atoms with van der Waals surface area (Å²) in [5, 5.41) is 17.4. The molecule has 0 unspecified atom stereocenters. The maximum atomic E-state index is 13.2. The van der Waals surface area contributed by atoms with Crippen LogP contribution >= 0.6 is 0 Å². The van der Waals surface area contributed by atoms with Crippen LogP contribution in [0.15, 0.2) is 36.8 Å². The van der Waals surface area contributed by atoms with Crippen molar-refractivity contribution in [2.24, 2.45) is 5.92 Å². The molecular formula is C31H40N8O3. The molecule has 1 atom stereocenters. The van der Waals surface area contributed by atoms with Crippen LogP contribution in [-0.2, 0) is 15.0 Å². The molecule has 7 rings (SSSR count). The lowest BCUT2D eigenvalue weighted by atomic mass is 9.92. The van der Waals surface area contributed by atoms with Crippen LogP contribution in [-0.4, -0.2) is 85.7 Å². The zero-order chi connectivity index (χ0) is 28.9. The molecule has 0 aromatic carbocycles. The number of anilines is 1. The Hall–Kier alpha value is -3.60. The molecule has 3 aromatic rings. The quantitative estimate of drug-likeness (QED) is 0.388. The van der Waals surface area contributed by atoms with E-state index >= 15 is 0 Å². The second-order valence-corrected chi connectivity index (χ2v) is 13.4. The van der Waals surface area contributed by atoms with Crippen LogP contribution < -0.4 is 4.90 Å². The molecule has 0 N–H and O–H groups in total. The van der Waals surface area contributed by atoms with Crippen LogP contribution in [0.3, 0.4) is 0 Å². The van der Waals surface area contributed by atoms with Crippen LogP contribution in [0.4, 0.5) is 10.5 Å². The van der Waals surface area contributed by atoms with E-state index in [0.29, 0.717) is 30.7 Å². The summed E-state index contributed by atoms with van der Waals surface area (Å²) in [6.07, 6.45) is 12.3. The number of carbonyl (C=O) groups excluding carboxylic acids is 1. The monoisotopic (exact) mass is 572 g/mol. The van der Waals surface area contributed by atoms with E-state index in [0.717, 1.165) is 49.6 Å². The van der Waals surface area contributed by atoms with E-state index in [-0.39, 0.29) is 12.1 Å². The Labute approximate surface area is 246 Å². The van der Waals surface area contributed by atoms with Gasteiger partial charge in [-0.3, -0.25) is 4.98 Å². The fourth-order valence-electron chi connectivity index (χ4n) is 5.99. The number of pyridine rings is 1. The molecule has 0 radical (unpaired) electrons. The topological polar surface area (TPSA) is 111 Å². The largest absolute Gasteiger partial charge is 0.444 e. The van der Waals surface area contributed by atoms with Crippen molar-refractivity contribution in [1.82, 2.24) is 35.1 Å². The van der Waals surface area contributed by atoms with Crippen molar-refractivity contribution < 1.29 is 14.3 Å². The van der Waals surface area contributed by atoms with E-state index in [9.17, 15) is 4.79 Å². The van der Waals surface area contributed by atoms with Crippen molar-refractivity contribution in [1.29, 1.82) is 0 Å². The maximum absolute atomic E-state index is 13.2. The number of rotatable bonds is 8. The first-order valence-corrected chi connectivity index (χ1v) is 15.3. The third kappa shape index (κ3) is 5.58. The van der Waals surface area contributed by atoms with E-state index < -0.39 is 11.1 Å². The molecule has 5 heterocycles. The zero-order valence-corrected chi connectivity index (χ0v) is 24.8. The van der Waals surface area contributed by atoms with Crippen molar-refractivity contribution in [3.63, 3.8) is 0 Å². The van der Waals surface area contributed by atoms with Crippen LogP contribution in [0.25, 0.3) is 11.4 Å². The van der Waals surface area contributed by atoms with Crippen LogP contribution in [0, 0.1) is 5.92 Å². The van der Waals surface area contributed by atoms with E-state index in [1.165, 1.54) is 31.2 Å². The lowest BCUT2D eigenvalue weighted by Crippen LogP contribution is -2.53. The summed E-state index contributed by atoms with van der Waals surface area (Å²) in [6, 6.07) is 6.41. The summed E-state index contributed by atoms with van der Waals surface area (Å²) >= 11 is 0. The summed E-state index contributed by atoms with van der Waals surface area (Å²) in [7, 11) is 0. The molecule has 0 spiro atoms. The van der Waals surface area contributed by atoms with E-state index in [4.69, 9.17) is 14.5 Å². The van der Waals surface area contributed by atoms with Gasteiger partial charge in [-0.15, -0.1) is 10.2 Å². The maximum Gasteiger partial charge on any atom is 0.410 e. The van der Waals surface area contributed by atoms with Crippen LogP contribution in [0.1, 0.15) is 76.5 Å². The number of carbonyl (C=O) groups is 1. The van der Waals surface area contributed by atoms with Crippen molar-refractivity contribution in [3.8, 4) is 11.4 Å². The Bertz CT molecular complexity index is 1420. The predicted molar refractivity (Wildman–Crippen MR) is 156 cm³/mol. The van der Waals surface area contributed by atoms with Gasteiger partial charge < -0.3 is 19.3 Å². The Balaban J connectivity index is 1.07. The lowest BCUT2D eigenvalue weighted by molar-refractivity contribution is -0.0851. The number of ether oxygens (including phenoxy) is 2. The minimum atomic E-state index is -0.507. The fourth-order valence-corrected chi connectivity index (χ4v) is 5.99. The minimum Gasteiger partial charge on any atom is -0.444 e. The molecule has 2 saturated carbocycles. The van der Waals surface area contributed by atoms with E-state index in [1.54, 1.807) is 0 Å². The van der Waals surface area contributed by atoms with E-state index in [2.05, 4.69) is 43.6 Å². The zero-order valence-electron chi connectivity index (χ0n) is 24.8. The first kappa shape index (κ1) is 27.2. The van der Waals surface area contributed by atoms with Gasteiger partial charge >= 0.3 is 6.09 Å². The Morgan fingerprint density at radius 3 is 2.60 bits per heavy atom. The molecular weight excluding hydrogens is 532 g/mol. The third-order valence-electron chi connectivity index (χ3n) is 8.81. The first-order chi connectivity index (χ1) is 20.3. The molecule has 4 fully saturated rings. The number of piperidine rings is 1.